The molecule has 0 atom stereocenters. The standard InChI is InChI=1S/C18H22N4O4/c19-17(23)15-5-3-7-21(11-15)13-25-9-1-2-10-26-14-22-8-4-6-16(12-22)18(20)24/h3-8,11-12H,1-2,9-10,13-14H2,(H2-2,19,20,23,24)/p+2. The third kappa shape index (κ3) is 6.58. The monoisotopic (exact) mass is 360 g/mol. The van der Waals surface area contributed by atoms with E-state index < -0.39 is 11.8 Å². The Morgan fingerprint density at radius 2 is 1.23 bits per heavy atom. The van der Waals surface area contributed by atoms with Crippen molar-refractivity contribution in [1.29, 1.82) is 0 Å². The number of amides is 2. The topological polar surface area (TPSA) is 112 Å². The van der Waals surface area contributed by atoms with E-state index in [0.717, 1.165) is 12.8 Å². The van der Waals surface area contributed by atoms with Crippen LogP contribution in [0.15, 0.2) is 49.1 Å². The molecule has 0 radical (unpaired) electrons. The maximum absolute atomic E-state index is 11.1. The molecule has 0 bridgehead atoms. The molecule has 0 saturated heterocycles. The molecule has 8 heteroatoms. The molecule has 0 aromatic carbocycles. The van der Waals surface area contributed by atoms with E-state index >= 15 is 0 Å². The highest BCUT2D eigenvalue weighted by molar-refractivity contribution is 5.92. The largest absolute Gasteiger partial charge is 0.365 e. The van der Waals surface area contributed by atoms with Gasteiger partial charge >= 0.3 is 0 Å². The minimum absolute atomic E-state index is 0.359. The second kappa shape index (κ2) is 10.2. The predicted molar refractivity (Wildman–Crippen MR) is 91.4 cm³/mol. The van der Waals surface area contributed by atoms with Crippen LogP contribution < -0.4 is 20.6 Å². The molecule has 26 heavy (non-hydrogen) atoms. The van der Waals surface area contributed by atoms with Crippen LogP contribution in [-0.2, 0) is 22.9 Å². The summed E-state index contributed by atoms with van der Waals surface area (Å²) < 4.78 is 14.6. The molecule has 2 heterocycles. The minimum Gasteiger partial charge on any atom is -0.365 e. The number of nitrogens with two attached hydrogens (primary N) is 2. The van der Waals surface area contributed by atoms with Crippen LogP contribution >= 0.6 is 0 Å². The predicted octanol–water partition coefficient (Wildman–Crippen LogP) is -0.112. The van der Waals surface area contributed by atoms with E-state index in [9.17, 15) is 9.59 Å². The Bertz CT molecular complexity index is 688. The number of pyridine rings is 2. The number of aromatic nitrogens is 2. The fourth-order valence-corrected chi connectivity index (χ4v) is 2.24. The van der Waals surface area contributed by atoms with Crippen LogP contribution in [0, 0.1) is 0 Å². The molecule has 0 unspecified atom stereocenters. The first kappa shape index (κ1) is 19.5. The van der Waals surface area contributed by atoms with E-state index in [0.29, 0.717) is 37.8 Å². The zero-order chi connectivity index (χ0) is 18.8. The zero-order valence-corrected chi connectivity index (χ0v) is 14.5. The van der Waals surface area contributed by atoms with Crippen LogP contribution in [-0.4, -0.2) is 25.0 Å². The van der Waals surface area contributed by atoms with Crippen molar-refractivity contribution in [1.82, 2.24) is 0 Å². The summed E-state index contributed by atoms with van der Waals surface area (Å²) >= 11 is 0. The molecule has 0 aliphatic carbocycles. The molecule has 138 valence electrons. The normalized spacial score (nSPS) is 10.6. The lowest BCUT2D eigenvalue weighted by atomic mass is 10.3. The highest BCUT2D eigenvalue weighted by Crippen LogP contribution is 1.95. The van der Waals surface area contributed by atoms with Gasteiger partial charge in [-0.05, 0) is 25.0 Å². The van der Waals surface area contributed by atoms with Crippen molar-refractivity contribution in [2.45, 2.75) is 26.3 Å². The number of nitrogens with zero attached hydrogens (tertiary/aromatic N) is 2. The number of unbranched alkanes of at least 4 members (excludes halogenated alkanes) is 1. The second-order valence-corrected chi connectivity index (χ2v) is 5.72. The van der Waals surface area contributed by atoms with Gasteiger partial charge in [0.05, 0.1) is 13.2 Å². The van der Waals surface area contributed by atoms with Crippen molar-refractivity contribution in [2.75, 3.05) is 13.2 Å². The Labute approximate surface area is 151 Å². The summed E-state index contributed by atoms with van der Waals surface area (Å²) in [5.74, 6) is -0.925. The van der Waals surface area contributed by atoms with E-state index in [1.54, 1.807) is 45.8 Å². The van der Waals surface area contributed by atoms with Gasteiger partial charge in [0.15, 0.2) is 24.8 Å². The first-order valence-corrected chi connectivity index (χ1v) is 8.29. The van der Waals surface area contributed by atoms with E-state index in [1.165, 1.54) is 0 Å². The van der Waals surface area contributed by atoms with Crippen molar-refractivity contribution in [3.63, 3.8) is 0 Å². The van der Waals surface area contributed by atoms with E-state index in [-0.39, 0.29) is 0 Å². The number of ether oxygens (including phenoxy) is 2. The molecule has 8 nitrogen and oxygen atoms in total. The molecule has 0 saturated carbocycles. The lowest BCUT2D eigenvalue weighted by Crippen LogP contribution is -2.36. The fourth-order valence-electron chi connectivity index (χ4n) is 2.24. The van der Waals surface area contributed by atoms with Gasteiger partial charge in [-0.15, -0.1) is 0 Å². The number of carbonyl (C=O) groups excluding carboxylic acids is 2. The first-order valence-electron chi connectivity index (χ1n) is 8.29. The van der Waals surface area contributed by atoms with Crippen molar-refractivity contribution in [3.8, 4) is 0 Å². The molecule has 4 N–H and O–H groups in total. The van der Waals surface area contributed by atoms with Gasteiger partial charge in [-0.1, -0.05) is 0 Å². The average molecular weight is 360 g/mol. The molecule has 0 fully saturated rings. The summed E-state index contributed by atoms with van der Waals surface area (Å²) in [6.45, 7) is 1.89. The summed E-state index contributed by atoms with van der Waals surface area (Å²) in [5, 5.41) is 0. The van der Waals surface area contributed by atoms with Crippen molar-refractivity contribution < 1.29 is 28.2 Å². The van der Waals surface area contributed by atoms with Crippen molar-refractivity contribution >= 4 is 11.8 Å². The highest BCUT2D eigenvalue weighted by atomic mass is 16.5. The molecule has 2 aromatic rings. The SMILES string of the molecule is NC(=O)c1ccc[n+](COCCCCOC[n+]2cccc(C(N)=O)c2)c1. The van der Waals surface area contributed by atoms with Gasteiger partial charge in [-0.3, -0.25) is 9.59 Å². The van der Waals surface area contributed by atoms with Gasteiger partial charge < -0.3 is 20.9 Å². The number of hydrogen-bond acceptors (Lipinski definition) is 4. The summed E-state index contributed by atoms with van der Waals surface area (Å²) in [6, 6.07) is 6.82. The Morgan fingerprint density at radius 3 is 1.62 bits per heavy atom. The second-order valence-electron chi connectivity index (χ2n) is 5.72. The van der Waals surface area contributed by atoms with Crippen LogP contribution in [0.25, 0.3) is 0 Å². The minimum atomic E-state index is -0.462. The number of hydrogen-bond donors (Lipinski definition) is 2. The average Bonchev–Trinajstić information content (AvgIpc) is 2.64. The molecule has 2 rings (SSSR count). The molecule has 2 amide bonds. The zero-order valence-electron chi connectivity index (χ0n) is 14.5. The Morgan fingerprint density at radius 1 is 0.808 bits per heavy atom. The fraction of sp³-hybridized carbons (Fsp3) is 0.333. The van der Waals surface area contributed by atoms with Gasteiger partial charge in [-0.25, -0.2) is 0 Å². The molecular formula is C18H24N4O4+2. The van der Waals surface area contributed by atoms with Crippen LogP contribution in [0.2, 0.25) is 0 Å². The van der Waals surface area contributed by atoms with E-state index in [4.69, 9.17) is 20.9 Å². The van der Waals surface area contributed by atoms with Gasteiger partial charge in [-0.2, -0.15) is 9.13 Å². The molecular weight excluding hydrogens is 336 g/mol. The maximum Gasteiger partial charge on any atom is 0.254 e. The lowest BCUT2D eigenvalue weighted by molar-refractivity contribution is -0.733. The van der Waals surface area contributed by atoms with Crippen LogP contribution in [0.1, 0.15) is 33.6 Å². The van der Waals surface area contributed by atoms with Crippen molar-refractivity contribution in [2.24, 2.45) is 11.5 Å². The van der Waals surface area contributed by atoms with Crippen LogP contribution in [0.5, 0.6) is 0 Å². The third-order valence-electron chi connectivity index (χ3n) is 3.59. The van der Waals surface area contributed by atoms with E-state index in [1.807, 2.05) is 12.4 Å². The maximum atomic E-state index is 11.1. The molecule has 2 aromatic heterocycles. The Kier molecular flexibility index (Phi) is 7.66. The summed E-state index contributed by atoms with van der Waals surface area (Å²) in [6.07, 6.45) is 8.63. The molecule has 0 spiro atoms. The lowest BCUT2D eigenvalue weighted by Gasteiger charge is -2.03. The summed E-state index contributed by atoms with van der Waals surface area (Å²) in [4.78, 5) is 22.2. The Hall–Kier alpha value is -2.84. The molecule has 0 aliphatic heterocycles. The smallest absolute Gasteiger partial charge is 0.254 e. The van der Waals surface area contributed by atoms with Gasteiger partial charge in [0.1, 0.15) is 11.1 Å². The summed E-state index contributed by atoms with van der Waals surface area (Å²) in [7, 11) is 0. The number of primary amides is 2. The van der Waals surface area contributed by atoms with E-state index in [2.05, 4.69) is 0 Å². The van der Waals surface area contributed by atoms with Crippen LogP contribution in [0.4, 0.5) is 0 Å². The summed E-state index contributed by atoms with van der Waals surface area (Å²) in [5.41, 5.74) is 11.4. The van der Waals surface area contributed by atoms with Crippen molar-refractivity contribution in [3.05, 3.63) is 60.2 Å². The van der Waals surface area contributed by atoms with Gasteiger partial charge in [0.2, 0.25) is 0 Å². The third-order valence-corrected chi connectivity index (χ3v) is 3.59. The van der Waals surface area contributed by atoms with Crippen LogP contribution in [0.3, 0.4) is 0 Å². The van der Waals surface area contributed by atoms with Gasteiger partial charge in [0.25, 0.3) is 25.3 Å². The first-order chi connectivity index (χ1) is 12.6. The van der Waals surface area contributed by atoms with Gasteiger partial charge in [0, 0.05) is 12.1 Å². The quantitative estimate of drug-likeness (QED) is 0.430. The number of carbonyl (C=O) groups is 2. The molecule has 0 aliphatic rings. The highest BCUT2D eigenvalue weighted by Gasteiger charge is 2.08. The number of rotatable bonds is 11. The Balaban J connectivity index is 1.57.